The maximum atomic E-state index is 11.9. The molecule has 0 unspecified atom stereocenters. The van der Waals surface area contributed by atoms with Crippen molar-refractivity contribution in [2.45, 2.75) is 4.90 Å². The fourth-order valence-corrected chi connectivity index (χ4v) is 1.89. The van der Waals surface area contributed by atoms with Crippen molar-refractivity contribution in [1.82, 2.24) is 5.32 Å². The molecule has 18 heavy (non-hydrogen) atoms. The molecular weight excluding hydrogens is 318 g/mol. The van der Waals surface area contributed by atoms with Crippen LogP contribution in [-0.2, 0) is 9.47 Å². The van der Waals surface area contributed by atoms with Gasteiger partial charge in [0.2, 0.25) is 0 Å². The summed E-state index contributed by atoms with van der Waals surface area (Å²) in [6, 6.07) is 5.33. The monoisotopic (exact) mass is 333 g/mol. The SMILES string of the molecule is COCCOCCNC(=O)c1cc(S)ccc1Br. The highest BCUT2D eigenvalue weighted by Crippen LogP contribution is 2.19. The largest absolute Gasteiger partial charge is 0.382 e. The minimum atomic E-state index is -0.145. The average molecular weight is 334 g/mol. The number of carbonyl (C=O) groups excluding carboxylic acids is 1. The molecule has 0 heterocycles. The van der Waals surface area contributed by atoms with Gasteiger partial charge in [-0.2, -0.15) is 0 Å². The highest BCUT2D eigenvalue weighted by Gasteiger charge is 2.09. The summed E-state index contributed by atoms with van der Waals surface area (Å²) in [6.45, 7) is 2.02. The minimum absolute atomic E-state index is 0.145. The Bertz CT molecular complexity index is 401. The molecule has 0 aliphatic carbocycles. The van der Waals surface area contributed by atoms with Gasteiger partial charge in [-0.05, 0) is 34.1 Å². The first-order valence-electron chi connectivity index (χ1n) is 5.48. The second kappa shape index (κ2) is 8.53. The van der Waals surface area contributed by atoms with Gasteiger partial charge >= 0.3 is 0 Å². The van der Waals surface area contributed by atoms with Crippen molar-refractivity contribution < 1.29 is 14.3 Å². The Kier molecular flexibility index (Phi) is 7.34. The first kappa shape index (κ1) is 15.5. The Morgan fingerprint density at radius 1 is 1.39 bits per heavy atom. The summed E-state index contributed by atoms with van der Waals surface area (Å²) in [7, 11) is 1.62. The van der Waals surface area contributed by atoms with Crippen molar-refractivity contribution in [2.24, 2.45) is 0 Å². The van der Waals surface area contributed by atoms with E-state index in [4.69, 9.17) is 9.47 Å². The van der Waals surface area contributed by atoms with E-state index in [9.17, 15) is 4.79 Å². The van der Waals surface area contributed by atoms with E-state index in [1.807, 2.05) is 6.07 Å². The Balaban J connectivity index is 2.34. The maximum absolute atomic E-state index is 11.9. The van der Waals surface area contributed by atoms with Gasteiger partial charge in [-0.1, -0.05) is 0 Å². The third-order valence-electron chi connectivity index (χ3n) is 2.16. The molecule has 0 aliphatic rings. The molecule has 0 aliphatic heterocycles. The molecule has 100 valence electrons. The number of rotatable bonds is 7. The van der Waals surface area contributed by atoms with Crippen LogP contribution in [0.2, 0.25) is 0 Å². The van der Waals surface area contributed by atoms with E-state index in [1.165, 1.54) is 0 Å². The van der Waals surface area contributed by atoms with E-state index in [0.29, 0.717) is 31.9 Å². The summed E-state index contributed by atoms with van der Waals surface area (Å²) in [5.74, 6) is -0.145. The maximum Gasteiger partial charge on any atom is 0.252 e. The van der Waals surface area contributed by atoms with Crippen LogP contribution < -0.4 is 5.32 Å². The molecule has 0 bridgehead atoms. The van der Waals surface area contributed by atoms with Gasteiger partial charge < -0.3 is 14.8 Å². The standard InChI is InChI=1S/C12H16BrNO3S/c1-16-6-7-17-5-4-14-12(15)10-8-9(18)2-3-11(10)13/h2-3,8,18H,4-7H2,1H3,(H,14,15). The molecule has 0 spiro atoms. The van der Waals surface area contributed by atoms with Crippen molar-refractivity contribution in [1.29, 1.82) is 0 Å². The zero-order chi connectivity index (χ0) is 13.4. The summed E-state index contributed by atoms with van der Waals surface area (Å²) in [5.41, 5.74) is 0.569. The average Bonchev–Trinajstić information content (AvgIpc) is 2.36. The van der Waals surface area contributed by atoms with E-state index >= 15 is 0 Å². The molecule has 0 saturated carbocycles. The van der Waals surface area contributed by atoms with Crippen LogP contribution >= 0.6 is 28.6 Å². The summed E-state index contributed by atoms with van der Waals surface area (Å²) < 4.78 is 10.8. The Labute approximate surface area is 121 Å². The van der Waals surface area contributed by atoms with Crippen LogP contribution in [0.4, 0.5) is 0 Å². The van der Waals surface area contributed by atoms with Crippen LogP contribution in [0.1, 0.15) is 10.4 Å². The Hall–Kier alpha value is -0.560. The smallest absolute Gasteiger partial charge is 0.252 e. The van der Waals surface area contributed by atoms with E-state index in [0.717, 1.165) is 9.37 Å². The van der Waals surface area contributed by atoms with Gasteiger partial charge in [-0.3, -0.25) is 4.79 Å². The lowest BCUT2D eigenvalue weighted by molar-refractivity contribution is 0.0692. The summed E-state index contributed by atoms with van der Waals surface area (Å²) in [6.07, 6.45) is 0. The lowest BCUT2D eigenvalue weighted by Crippen LogP contribution is -2.27. The Morgan fingerprint density at radius 3 is 2.89 bits per heavy atom. The normalized spacial score (nSPS) is 10.4. The van der Waals surface area contributed by atoms with E-state index in [1.54, 1.807) is 19.2 Å². The van der Waals surface area contributed by atoms with E-state index < -0.39 is 0 Å². The van der Waals surface area contributed by atoms with E-state index in [-0.39, 0.29) is 5.91 Å². The van der Waals surface area contributed by atoms with Crippen molar-refractivity contribution in [3.8, 4) is 0 Å². The van der Waals surface area contributed by atoms with Crippen molar-refractivity contribution >= 4 is 34.5 Å². The summed E-state index contributed by atoms with van der Waals surface area (Å²) in [4.78, 5) is 12.6. The number of hydrogen-bond donors (Lipinski definition) is 2. The van der Waals surface area contributed by atoms with Gasteiger partial charge in [0.25, 0.3) is 5.91 Å². The molecule has 1 N–H and O–H groups in total. The van der Waals surface area contributed by atoms with Crippen LogP contribution in [0.3, 0.4) is 0 Å². The van der Waals surface area contributed by atoms with Gasteiger partial charge in [-0.15, -0.1) is 12.6 Å². The quantitative estimate of drug-likeness (QED) is 0.593. The third kappa shape index (κ3) is 5.39. The number of ether oxygens (including phenoxy) is 2. The number of benzene rings is 1. The predicted octanol–water partition coefficient (Wildman–Crippen LogP) is 2.13. The molecule has 0 atom stereocenters. The number of halogens is 1. The second-order valence-electron chi connectivity index (χ2n) is 3.53. The molecule has 1 aromatic carbocycles. The molecule has 1 aromatic rings. The molecule has 0 fully saturated rings. The van der Waals surface area contributed by atoms with Gasteiger partial charge in [0.15, 0.2) is 0 Å². The zero-order valence-corrected chi connectivity index (χ0v) is 12.6. The lowest BCUT2D eigenvalue weighted by atomic mass is 10.2. The summed E-state index contributed by atoms with van der Waals surface area (Å²) in [5, 5.41) is 2.78. The molecule has 1 amide bonds. The first-order valence-corrected chi connectivity index (χ1v) is 6.72. The zero-order valence-electron chi connectivity index (χ0n) is 10.1. The molecule has 0 radical (unpaired) electrons. The number of methoxy groups -OCH3 is 1. The number of carbonyl (C=O) groups is 1. The molecule has 0 saturated heterocycles. The first-order chi connectivity index (χ1) is 8.65. The lowest BCUT2D eigenvalue weighted by Gasteiger charge is -2.08. The van der Waals surface area contributed by atoms with Crippen molar-refractivity contribution in [3.05, 3.63) is 28.2 Å². The highest BCUT2D eigenvalue weighted by molar-refractivity contribution is 9.10. The van der Waals surface area contributed by atoms with Crippen LogP contribution in [0.5, 0.6) is 0 Å². The molecule has 6 heteroatoms. The third-order valence-corrected chi connectivity index (χ3v) is 3.13. The fourth-order valence-electron chi connectivity index (χ4n) is 1.26. The van der Waals surface area contributed by atoms with Gasteiger partial charge in [0.05, 0.1) is 25.4 Å². The van der Waals surface area contributed by atoms with Gasteiger partial charge in [-0.25, -0.2) is 0 Å². The number of nitrogens with one attached hydrogen (secondary N) is 1. The minimum Gasteiger partial charge on any atom is -0.382 e. The van der Waals surface area contributed by atoms with Crippen LogP contribution in [0, 0.1) is 0 Å². The molecule has 0 aromatic heterocycles. The fraction of sp³-hybridized carbons (Fsp3) is 0.417. The van der Waals surface area contributed by atoms with E-state index in [2.05, 4.69) is 33.9 Å². The Morgan fingerprint density at radius 2 is 2.17 bits per heavy atom. The highest BCUT2D eigenvalue weighted by atomic mass is 79.9. The van der Waals surface area contributed by atoms with Gasteiger partial charge in [0, 0.05) is 23.0 Å². The summed E-state index contributed by atoms with van der Waals surface area (Å²) >= 11 is 7.54. The number of thiol groups is 1. The molecule has 4 nitrogen and oxygen atoms in total. The second-order valence-corrected chi connectivity index (χ2v) is 4.90. The van der Waals surface area contributed by atoms with Crippen LogP contribution in [0.25, 0.3) is 0 Å². The van der Waals surface area contributed by atoms with Crippen LogP contribution in [-0.4, -0.2) is 39.4 Å². The van der Waals surface area contributed by atoms with Crippen molar-refractivity contribution in [3.63, 3.8) is 0 Å². The van der Waals surface area contributed by atoms with Crippen molar-refractivity contribution in [2.75, 3.05) is 33.5 Å². The van der Waals surface area contributed by atoms with Crippen LogP contribution in [0.15, 0.2) is 27.6 Å². The number of hydrogen-bond acceptors (Lipinski definition) is 4. The topological polar surface area (TPSA) is 47.6 Å². The molecular formula is C12H16BrNO3S. The van der Waals surface area contributed by atoms with Gasteiger partial charge in [0.1, 0.15) is 0 Å². The predicted molar refractivity (Wildman–Crippen MR) is 76.4 cm³/mol. The number of amides is 1. The molecule has 1 rings (SSSR count).